The third kappa shape index (κ3) is 4.40. The van der Waals surface area contributed by atoms with Gasteiger partial charge in [-0.25, -0.2) is 0 Å². The zero-order chi connectivity index (χ0) is 21.7. The Hall–Kier alpha value is -3.07. The standard InChI is InChI=1S/C21H19ClN2O5S/c1-28-20-13-12-15(14-18(20)22)23-21(25)17-10-6-7-11-19(17)24(29-2)30(26,27)16-8-4-3-5-9-16/h3-14H,1-2H3,(H,23,25). The molecule has 0 saturated heterocycles. The molecule has 0 saturated carbocycles. The van der Waals surface area contributed by atoms with Crippen molar-refractivity contribution in [3.63, 3.8) is 0 Å². The molecular weight excluding hydrogens is 428 g/mol. The van der Waals surface area contributed by atoms with Gasteiger partial charge < -0.3 is 10.1 Å². The zero-order valence-corrected chi connectivity index (χ0v) is 17.8. The molecule has 0 atom stereocenters. The van der Waals surface area contributed by atoms with Crippen LogP contribution in [0.15, 0.2) is 77.7 Å². The quantitative estimate of drug-likeness (QED) is 0.545. The molecule has 156 valence electrons. The average Bonchev–Trinajstić information content (AvgIpc) is 2.75. The van der Waals surface area contributed by atoms with Gasteiger partial charge >= 0.3 is 0 Å². The van der Waals surface area contributed by atoms with E-state index in [9.17, 15) is 13.2 Å². The van der Waals surface area contributed by atoms with Crippen LogP contribution in [0, 0.1) is 0 Å². The van der Waals surface area contributed by atoms with Crippen molar-refractivity contribution in [1.82, 2.24) is 0 Å². The summed E-state index contributed by atoms with van der Waals surface area (Å²) in [6.45, 7) is 0. The van der Waals surface area contributed by atoms with Crippen LogP contribution >= 0.6 is 11.6 Å². The van der Waals surface area contributed by atoms with E-state index in [1.54, 1.807) is 42.5 Å². The minimum absolute atomic E-state index is 0.0315. The van der Waals surface area contributed by atoms with Gasteiger partial charge in [-0.3, -0.25) is 9.63 Å². The molecule has 0 aromatic heterocycles. The predicted molar refractivity (Wildman–Crippen MR) is 116 cm³/mol. The zero-order valence-electron chi connectivity index (χ0n) is 16.2. The number of ether oxygens (including phenoxy) is 1. The molecule has 3 aromatic carbocycles. The van der Waals surface area contributed by atoms with Crippen LogP contribution < -0.4 is 14.5 Å². The number of benzene rings is 3. The molecular formula is C21H19ClN2O5S. The number of methoxy groups -OCH3 is 1. The highest BCUT2D eigenvalue weighted by Gasteiger charge is 2.28. The number of nitrogens with one attached hydrogen (secondary N) is 1. The van der Waals surface area contributed by atoms with Crippen LogP contribution in [0.5, 0.6) is 5.75 Å². The van der Waals surface area contributed by atoms with Crippen molar-refractivity contribution in [1.29, 1.82) is 0 Å². The largest absolute Gasteiger partial charge is 0.495 e. The molecule has 0 radical (unpaired) electrons. The topological polar surface area (TPSA) is 84.9 Å². The number of hydrogen-bond donors (Lipinski definition) is 1. The number of rotatable bonds is 7. The lowest BCUT2D eigenvalue weighted by atomic mass is 10.1. The Morgan fingerprint density at radius 1 is 0.967 bits per heavy atom. The second kappa shape index (κ2) is 9.17. The van der Waals surface area contributed by atoms with Gasteiger partial charge in [0.2, 0.25) is 0 Å². The van der Waals surface area contributed by atoms with E-state index in [-0.39, 0.29) is 16.1 Å². The van der Waals surface area contributed by atoms with Gasteiger partial charge in [0.1, 0.15) is 5.75 Å². The number of carbonyl (C=O) groups is 1. The molecule has 3 aromatic rings. The molecule has 0 fully saturated rings. The lowest BCUT2D eigenvalue weighted by Gasteiger charge is -2.23. The first-order chi connectivity index (χ1) is 14.4. The third-order valence-corrected chi connectivity index (χ3v) is 6.13. The second-order valence-electron chi connectivity index (χ2n) is 6.05. The Kier molecular flexibility index (Phi) is 6.61. The molecule has 0 heterocycles. The fourth-order valence-electron chi connectivity index (χ4n) is 2.78. The highest BCUT2D eigenvalue weighted by atomic mass is 35.5. The van der Waals surface area contributed by atoms with Crippen molar-refractivity contribution < 1.29 is 22.8 Å². The summed E-state index contributed by atoms with van der Waals surface area (Å²) >= 11 is 6.11. The second-order valence-corrected chi connectivity index (χ2v) is 8.21. The van der Waals surface area contributed by atoms with E-state index < -0.39 is 15.9 Å². The van der Waals surface area contributed by atoms with Crippen molar-refractivity contribution in [2.75, 3.05) is 24.0 Å². The molecule has 3 rings (SSSR count). The van der Waals surface area contributed by atoms with Gasteiger partial charge in [-0.1, -0.05) is 41.9 Å². The molecule has 1 amide bonds. The highest BCUT2D eigenvalue weighted by molar-refractivity contribution is 7.92. The average molecular weight is 447 g/mol. The van der Waals surface area contributed by atoms with Crippen molar-refractivity contribution in [3.8, 4) is 5.75 Å². The van der Waals surface area contributed by atoms with E-state index in [0.717, 1.165) is 4.47 Å². The maximum Gasteiger partial charge on any atom is 0.286 e. The van der Waals surface area contributed by atoms with Gasteiger partial charge in [0, 0.05) is 5.69 Å². The summed E-state index contributed by atoms with van der Waals surface area (Å²) in [5.74, 6) is -0.0632. The van der Waals surface area contributed by atoms with Crippen molar-refractivity contribution >= 4 is 38.9 Å². The summed E-state index contributed by atoms with van der Waals surface area (Å²) in [6.07, 6.45) is 0. The van der Waals surface area contributed by atoms with Crippen LogP contribution in [-0.4, -0.2) is 28.5 Å². The highest BCUT2D eigenvalue weighted by Crippen LogP contribution is 2.30. The Morgan fingerprint density at radius 2 is 1.63 bits per heavy atom. The van der Waals surface area contributed by atoms with Gasteiger partial charge in [-0.05, 0) is 42.5 Å². The SMILES string of the molecule is COc1ccc(NC(=O)c2ccccc2N(OC)S(=O)(=O)c2ccccc2)cc1Cl. The smallest absolute Gasteiger partial charge is 0.286 e. The molecule has 9 heteroatoms. The molecule has 0 bridgehead atoms. The first-order valence-corrected chi connectivity index (χ1v) is 10.6. The third-order valence-electron chi connectivity index (χ3n) is 4.18. The summed E-state index contributed by atoms with van der Waals surface area (Å²) in [5, 5.41) is 3.03. The molecule has 0 aliphatic rings. The lowest BCUT2D eigenvalue weighted by Crippen LogP contribution is -2.32. The minimum atomic E-state index is -4.06. The maximum atomic E-state index is 13.1. The summed E-state index contributed by atoms with van der Waals surface area (Å²) in [7, 11) is -1.35. The van der Waals surface area contributed by atoms with E-state index in [1.807, 2.05) is 0 Å². The van der Waals surface area contributed by atoms with Crippen LogP contribution in [0.3, 0.4) is 0 Å². The van der Waals surface area contributed by atoms with Crippen molar-refractivity contribution in [2.45, 2.75) is 4.90 Å². The number of sulfonamides is 1. The minimum Gasteiger partial charge on any atom is -0.495 e. The summed E-state index contributed by atoms with van der Waals surface area (Å²) in [5.41, 5.74) is 0.599. The number of nitrogens with zero attached hydrogens (tertiary/aromatic N) is 1. The summed E-state index contributed by atoms with van der Waals surface area (Å²) in [4.78, 5) is 18.1. The van der Waals surface area contributed by atoms with Gasteiger partial charge in [0.05, 0.1) is 35.4 Å². The summed E-state index contributed by atoms with van der Waals surface area (Å²) < 4.78 is 31.9. The number of carbonyl (C=O) groups excluding carboxylic acids is 1. The first kappa shape index (κ1) is 21.6. The van der Waals surface area contributed by atoms with Crippen LogP contribution in [0.2, 0.25) is 5.02 Å². The Bertz CT molecular complexity index is 1150. The van der Waals surface area contributed by atoms with E-state index in [2.05, 4.69) is 5.32 Å². The van der Waals surface area contributed by atoms with Crippen LogP contribution in [0.4, 0.5) is 11.4 Å². The first-order valence-electron chi connectivity index (χ1n) is 8.77. The van der Waals surface area contributed by atoms with E-state index >= 15 is 0 Å². The lowest BCUT2D eigenvalue weighted by molar-refractivity contribution is 0.102. The Morgan fingerprint density at radius 3 is 2.27 bits per heavy atom. The fraction of sp³-hybridized carbons (Fsp3) is 0.0952. The molecule has 0 spiro atoms. The van der Waals surface area contributed by atoms with Crippen LogP contribution in [0.1, 0.15) is 10.4 Å². The van der Waals surface area contributed by atoms with E-state index in [4.69, 9.17) is 21.2 Å². The molecule has 30 heavy (non-hydrogen) atoms. The van der Waals surface area contributed by atoms with E-state index in [0.29, 0.717) is 16.5 Å². The number of halogens is 1. The molecule has 0 aliphatic heterocycles. The number of amides is 1. The predicted octanol–water partition coefficient (Wildman–Crippen LogP) is 4.36. The van der Waals surface area contributed by atoms with Gasteiger partial charge in [-0.15, -0.1) is 4.47 Å². The molecule has 0 unspecified atom stereocenters. The summed E-state index contributed by atoms with van der Waals surface area (Å²) in [6, 6.07) is 18.8. The molecule has 7 nitrogen and oxygen atoms in total. The maximum absolute atomic E-state index is 13.1. The molecule has 0 aliphatic carbocycles. The van der Waals surface area contributed by atoms with Gasteiger partial charge in [0.15, 0.2) is 0 Å². The van der Waals surface area contributed by atoms with Gasteiger partial charge in [-0.2, -0.15) is 8.42 Å². The number of para-hydroxylation sites is 1. The Balaban J connectivity index is 1.97. The van der Waals surface area contributed by atoms with Crippen molar-refractivity contribution in [2.24, 2.45) is 0 Å². The number of hydrogen-bond acceptors (Lipinski definition) is 5. The fourth-order valence-corrected chi connectivity index (χ4v) is 4.35. The Labute approximate surface area is 179 Å². The van der Waals surface area contributed by atoms with Crippen LogP contribution in [-0.2, 0) is 14.9 Å². The van der Waals surface area contributed by atoms with Gasteiger partial charge in [0.25, 0.3) is 15.9 Å². The number of anilines is 2. The normalized spacial score (nSPS) is 11.0. The monoisotopic (exact) mass is 446 g/mol. The molecule has 1 N–H and O–H groups in total. The van der Waals surface area contributed by atoms with Crippen LogP contribution in [0.25, 0.3) is 0 Å². The van der Waals surface area contributed by atoms with E-state index in [1.165, 1.54) is 44.6 Å². The van der Waals surface area contributed by atoms with Crippen molar-refractivity contribution in [3.05, 3.63) is 83.4 Å².